The number of nitrogens with zero attached hydrogens (tertiary/aromatic N) is 6. The van der Waals surface area contributed by atoms with E-state index in [0.29, 0.717) is 11.4 Å². The first-order chi connectivity index (χ1) is 17.4. The molecule has 0 fully saturated rings. The van der Waals surface area contributed by atoms with Crippen molar-refractivity contribution in [2.75, 3.05) is 5.73 Å². The van der Waals surface area contributed by atoms with Crippen molar-refractivity contribution in [3.63, 3.8) is 0 Å². The van der Waals surface area contributed by atoms with Crippen LogP contribution in [0.15, 0.2) is 65.3 Å². The molecule has 12 heteroatoms. The fourth-order valence-electron chi connectivity index (χ4n) is 3.39. The largest absolute Gasteiger partial charge is 0.453 e. The van der Waals surface area contributed by atoms with E-state index in [-0.39, 0.29) is 56.7 Å². The van der Waals surface area contributed by atoms with Crippen LogP contribution in [0.3, 0.4) is 0 Å². The van der Waals surface area contributed by atoms with Crippen molar-refractivity contribution < 1.29 is 13.5 Å². The molecule has 9 nitrogen and oxygen atoms in total. The lowest BCUT2D eigenvalue weighted by atomic mass is 10.1. The van der Waals surface area contributed by atoms with E-state index in [4.69, 9.17) is 43.4 Å². The first-order valence-corrected chi connectivity index (χ1v) is 11.1. The van der Waals surface area contributed by atoms with Gasteiger partial charge in [-0.2, -0.15) is 15.0 Å². The molecule has 0 spiro atoms. The number of anilines is 1. The van der Waals surface area contributed by atoms with Crippen LogP contribution in [0.25, 0.3) is 17.3 Å². The number of hydrogen-bond donors (Lipinski definition) is 1. The van der Waals surface area contributed by atoms with Gasteiger partial charge in [-0.3, -0.25) is 0 Å². The van der Waals surface area contributed by atoms with E-state index >= 15 is 4.39 Å². The Bertz CT molecular complexity index is 1610. The highest BCUT2D eigenvalue weighted by molar-refractivity contribution is 6.32. The van der Waals surface area contributed by atoms with Crippen LogP contribution < -0.4 is 10.5 Å². The van der Waals surface area contributed by atoms with Crippen LogP contribution >= 0.6 is 23.2 Å². The van der Waals surface area contributed by atoms with Crippen molar-refractivity contribution in [1.82, 2.24) is 25.0 Å². The van der Waals surface area contributed by atoms with Crippen LogP contribution in [0.1, 0.15) is 17.0 Å². The quantitative estimate of drug-likeness (QED) is 0.305. The van der Waals surface area contributed by atoms with Crippen molar-refractivity contribution in [1.29, 1.82) is 5.26 Å². The maximum absolute atomic E-state index is 15.3. The van der Waals surface area contributed by atoms with Crippen LogP contribution in [0.5, 0.6) is 11.5 Å². The topological polar surface area (TPSA) is 129 Å². The predicted molar refractivity (Wildman–Crippen MR) is 130 cm³/mol. The molecule has 0 saturated heterocycles. The number of rotatable bonds is 6. The van der Waals surface area contributed by atoms with E-state index in [1.165, 1.54) is 41.2 Å². The first-order valence-electron chi connectivity index (χ1n) is 10.4. The van der Waals surface area contributed by atoms with Gasteiger partial charge in [-0.15, -0.1) is 10.2 Å². The van der Waals surface area contributed by atoms with Gasteiger partial charge in [0, 0.05) is 16.8 Å². The summed E-state index contributed by atoms with van der Waals surface area (Å²) in [5.41, 5.74) is 7.07. The van der Waals surface area contributed by atoms with Crippen LogP contribution in [0.2, 0.25) is 10.0 Å². The lowest BCUT2D eigenvalue weighted by molar-refractivity contribution is 0.437. The van der Waals surface area contributed by atoms with Crippen LogP contribution in [-0.2, 0) is 6.42 Å². The van der Waals surface area contributed by atoms with Gasteiger partial charge in [0.05, 0.1) is 29.3 Å². The Labute approximate surface area is 213 Å². The number of ether oxygens (including phenoxy) is 1. The summed E-state index contributed by atoms with van der Waals surface area (Å²) in [5.74, 6) is 0.269. The molecule has 0 aliphatic rings. The average molecular weight is 522 g/mol. The van der Waals surface area contributed by atoms with Gasteiger partial charge >= 0.3 is 0 Å². The summed E-state index contributed by atoms with van der Waals surface area (Å²) in [6.45, 7) is 0. The van der Waals surface area contributed by atoms with Gasteiger partial charge in [-0.1, -0.05) is 35.3 Å². The van der Waals surface area contributed by atoms with Gasteiger partial charge < -0.3 is 14.9 Å². The molecule has 178 valence electrons. The zero-order valence-electron chi connectivity index (χ0n) is 18.2. The summed E-state index contributed by atoms with van der Waals surface area (Å²) in [7, 11) is 0. The lowest BCUT2D eigenvalue weighted by Gasteiger charge is -2.11. The molecule has 0 bridgehead atoms. The number of nitrogen functional groups attached to an aromatic ring is 1. The van der Waals surface area contributed by atoms with Crippen molar-refractivity contribution in [2.24, 2.45) is 0 Å². The number of benzene rings is 2. The molecule has 0 atom stereocenters. The monoisotopic (exact) mass is 521 g/mol. The summed E-state index contributed by atoms with van der Waals surface area (Å²) in [6, 6.07) is 14.6. The molecule has 0 aliphatic heterocycles. The summed E-state index contributed by atoms with van der Waals surface area (Å²) < 4.78 is 28.1. The number of hydrogen-bond acceptors (Lipinski definition) is 8. The van der Waals surface area contributed by atoms with E-state index in [1.807, 2.05) is 6.07 Å². The average Bonchev–Trinajstić information content (AvgIpc) is 3.50. The highest BCUT2D eigenvalue weighted by Gasteiger charge is 2.20. The number of pyridine rings is 1. The Hall–Kier alpha value is -4.46. The molecular formula is C24H14Cl2FN7O2. The van der Waals surface area contributed by atoms with Gasteiger partial charge in [-0.05, 0) is 36.4 Å². The molecule has 0 radical (unpaired) electrons. The number of aromatic nitrogens is 5. The van der Waals surface area contributed by atoms with Gasteiger partial charge in [0.25, 0.3) is 5.89 Å². The van der Waals surface area contributed by atoms with Crippen molar-refractivity contribution in [3.8, 4) is 34.8 Å². The Balaban J connectivity index is 1.40. The smallest absolute Gasteiger partial charge is 0.253 e. The number of halogens is 3. The molecule has 3 heterocycles. The van der Waals surface area contributed by atoms with Gasteiger partial charge in [0.1, 0.15) is 17.1 Å². The Morgan fingerprint density at radius 3 is 2.78 bits per heavy atom. The molecule has 2 aromatic carbocycles. The predicted octanol–water partition coefficient (Wildman–Crippen LogP) is 5.60. The van der Waals surface area contributed by atoms with Crippen LogP contribution in [0, 0.1) is 17.1 Å². The lowest BCUT2D eigenvalue weighted by Crippen LogP contribution is -2.03. The first kappa shape index (κ1) is 23.3. The number of nitriles is 1. The van der Waals surface area contributed by atoms with E-state index in [9.17, 15) is 0 Å². The molecule has 0 aliphatic carbocycles. The third kappa shape index (κ3) is 4.57. The minimum absolute atomic E-state index is 0.0376. The molecule has 0 saturated carbocycles. The Kier molecular flexibility index (Phi) is 6.25. The van der Waals surface area contributed by atoms with Gasteiger partial charge in [0.15, 0.2) is 17.4 Å². The minimum atomic E-state index is -0.719. The fraction of sp³-hybridized carbons (Fsp3) is 0.0417. The normalized spacial score (nSPS) is 10.8. The zero-order chi connectivity index (χ0) is 25.2. The third-order valence-electron chi connectivity index (χ3n) is 5.06. The highest BCUT2D eigenvalue weighted by Crippen LogP contribution is 2.36. The maximum atomic E-state index is 15.3. The van der Waals surface area contributed by atoms with Crippen molar-refractivity contribution >= 4 is 29.0 Å². The van der Waals surface area contributed by atoms with Gasteiger partial charge in [0.2, 0.25) is 5.89 Å². The second kappa shape index (κ2) is 9.65. The summed E-state index contributed by atoms with van der Waals surface area (Å²) >= 11 is 12.2. The van der Waals surface area contributed by atoms with Crippen LogP contribution in [0.4, 0.5) is 10.2 Å². The zero-order valence-corrected chi connectivity index (χ0v) is 19.7. The molecular weight excluding hydrogens is 508 g/mol. The molecule has 0 unspecified atom stereocenters. The highest BCUT2D eigenvalue weighted by atomic mass is 35.5. The van der Waals surface area contributed by atoms with Crippen molar-refractivity contribution in [3.05, 3.63) is 93.8 Å². The summed E-state index contributed by atoms with van der Waals surface area (Å²) in [4.78, 5) is 4.21. The van der Waals surface area contributed by atoms with Crippen molar-refractivity contribution in [2.45, 2.75) is 6.42 Å². The van der Waals surface area contributed by atoms with E-state index in [1.54, 1.807) is 24.4 Å². The van der Waals surface area contributed by atoms with Crippen LogP contribution in [-0.4, -0.2) is 25.0 Å². The number of nitrogens with two attached hydrogens (primary N) is 1. The van der Waals surface area contributed by atoms with E-state index < -0.39 is 5.82 Å². The molecule has 3 aromatic heterocycles. The van der Waals surface area contributed by atoms with E-state index in [2.05, 4.69) is 20.3 Å². The molecule has 36 heavy (non-hydrogen) atoms. The molecule has 2 N–H and O–H groups in total. The molecule has 0 amide bonds. The standard InChI is InChI=1S/C24H14Cl2FN7O2/c25-15-7-13(11-28)8-16(10-15)35-22-18(26)5-4-14(21(22)27)9-20-32-33-24(36-20)17-12-31-34(23(17)29)19-3-1-2-6-30-19/h1-8,10,12H,9,29H2. The second-order valence-corrected chi connectivity index (χ2v) is 8.30. The SMILES string of the molecule is N#Cc1cc(Cl)cc(Oc2c(Cl)ccc(Cc3nnc(-c4cnn(-c5ccccn5)c4N)o3)c2F)c1. The maximum Gasteiger partial charge on any atom is 0.253 e. The third-order valence-corrected chi connectivity index (χ3v) is 5.58. The fourth-order valence-corrected chi connectivity index (χ4v) is 3.80. The summed E-state index contributed by atoms with van der Waals surface area (Å²) in [5, 5.41) is 21.7. The minimum Gasteiger partial charge on any atom is -0.453 e. The Morgan fingerprint density at radius 1 is 1.14 bits per heavy atom. The molecule has 5 rings (SSSR count). The van der Waals surface area contributed by atoms with Gasteiger partial charge in [-0.25, -0.2) is 9.37 Å². The second-order valence-electron chi connectivity index (χ2n) is 7.46. The molecule has 5 aromatic rings. The van der Waals surface area contributed by atoms with E-state index in [0.717, 1.165) is 0 Å². The Morgan fingerprint density at radius 2 is 2.00 bits per heavy atom. The summed E-state index contributed by atoms with van der Waals surface area (Å²) in [6.07, 6.45) is 3.06.